The van der Waals surface area contributed by atoms with Gasteiger partial charge in [0.05, 0.1) is 6.54 Å². The molecule has 0 aliphatic heterocycles. The molecule has 2 rings (SSSR count). The highest BCUT2D eigenvalue weighted by atomic mass is 32.2. The van der Waals surface area contributed by atoms with Crippen molar-refractivity contribution in [2.24, 2.45) is 5.73 Å². The van der Waals surface area contributed by atoms with Crippen LogP contribution in [-0.2, 0) is 16.6 Å². The summed E-state index contributed by atoms with van der Waals surface area (Å²) in [5.74, 6) is 0.888. The van der Waals surface area contributed by atoms with E-state index in [4.69, 9.17) is 10.2 Å². The van der Waals surface area contributed by atoms with Gasteiger partial charge in [0.15, 0.2) is 0 Å². The molecule has 0 saturated heterocycles. The van der Waals surface area contributed by atoms with E-state index in [0.29, 0.717) is 11.5 Å². The van der Waals surface area contributed by atoms with Gasteiger partial charge in [-0.15, -0.1) is 0 Å². The van der Waals surface area contributed by atoms with Crippen LogP contribution in [0.3, 0.4) is 0 Å². The van der Waals surface area contributed by atoms with E-state index in [1.807, 2.05) is 6.92 Å². The molecule has 5 nitrogen and oxygen atoms in total. The van der Waals surface area contributed by atoms with Crippen LogP contribution in [0.2, 0.25) is 0 Å². The van der Waals surface area contributed by atoms with Crippen LogP contribution >= 0.6 is 0 Å². The minimum Gasteiger partial charge on any atom is -0.464 e. The van der Waals surface area contributed by atoms with Crippen molar-refractivity contribution in [1.29, 1.82) is 0 Å². The normalized spacial score (nSPS) is 19.5. The lowest BCUT2D eigenvalue weighted by atomic mass is 9.84. The van der Waals surface area contributed by atoms with Crippen LogP contribution in [0.25, 0.3) is 0 Å². The first-order valence-corrected chi connectivity index (χ1v) is 8.18. The van der Waals surface area contributed by atoms with Crippen molar-refractivity contribution in [3.63, 3.8) is 0 Å². The molecule has 0 radical (unpaired) electrons. The van der Waals surface area contributed by atoms with Crippen molar-refractivity contribution in [1.82, 2.24) is 4.72 Å². The summed E-state index contributed by atoms with van der Waals surface area (Å²) in [6, 6.07) is 1.52. The van der Waals surface area contributed by atoms with Gasteiger partial charge in [-0.2, -0.15) is 0 Å². The van der Waals surface area contributed by atoms with Gasteiger partial charge in [-0.25, -0.2) is 13.1 Å². The maximum Gasteiger partial charge on any atom is 0.244 e. The molecule has 19 heavy (non-hydrogen) atoms. The molecule has 3 N–H and O–H groups in total. The van der Waals surface area contributed by atoms with Crippen molar-refractivity contribution < 1.29 is 12.8 Å². The molecule has 1 aromatic heterocycles. The van der Waals surface area contributed by atoms with E-state index in [1.54, 1.807) is 6.92 Å². The van der Waals surface area contributed by atoms with E-state index in [2.05, 4.69) is 4.72 Å². The van der Waals surface area contributed by atoms with Gasteiger partial charge >= 0.3 is 0 Å². The number of aryl methyl sites for hydroxylation is 1. The van der Waals surface area contributed by atoms with Crippen LogP contribution in [0.15, 0.2) is 15.4 Å². The van der Waals surface area contributed by atoms with Crippen LogP contribution in [0.4, 0.5) is 0 Å². The lowest BCUT2D eigenvalue weighted by Gasteiger charge is -2.33. The van der Waals surface area contributed by atoms with Crippen LogP contribution in [0.5, 0.6) is 0 Å². The first kappa shape index (κ1) is 14.6. The Morgan fingerprint density at radius 2 is 2.00 bits per heavy atom. The monoisotopic (exact) mass is 286 g/mol. The van der Waals surface area contributed by atoms with E-state index in [1.165, 1.54) is 12.5 Å². The fraction of sp³-hybridized carbons (Fsp3) is 0.692. The van der Waals surface area contributed by atoms with Crippen LogP contribution in [-0.4, -0.2) is 14.0 Å². The Kier molecular flexibility index (Phi) is 4.03. The number of rotatable bonds is 4. The van der Waals surface area contributed by atoms with E-state index in [-0.39, 0.29) is 17.0 Å². The van der Waals surface area contributed by atoms with Gasteiger partial charge in [0.2, 0.25) is 10.0 Å². The summed E-state index contributed by atoms with van der Waals surface area (Å²) in [7, 11) is -3.54. The molecule has 1 saturated carbocycles. The van der Waals surface area contributed by atoms with E-state index >= 15 is 0 Å². The Labute approximate surface area is 114 Å². The third-order valence-electron chi connectivity index (χ3n) is 3.75. The van der Waals surface area contributed by atoms with E-state index < -0.39 is 10.0 Å². The zero-order valence-corrected chi connectivity index (χ0v) is 12.3. The summed E-state index contributed by atoms with van der Waals surface area (Å²) in [4.78, 5) is 0.208. The lowest BCUT2D eigenvalue weighted by molar-refractivity contribution is 0.294. The predicted octanol–water partition coefficient (Wildman–Crippen LogP) is 2.05. The predicted molar refractivity (Wildman–Crippen MR) is 73.1 cm³/mol. The molecule has 1 aliphatic carbocycles. The number of sulfonamides is 1. The van der Waals surface area contributed by atoms with Crippen LogP contribution in [0.1, 0.15) is 50.5 Å². The first-order valence-electron chi connectivity index (χ1n) is 6.70. The SMILES string of the molecule is Cc1oc(CN)cc1S(=O)(=O)NC1(C)CCCCC1. The molecule has 6 heteroatoms. The van der Waals surface area contributed by atoms with Gasteiger partial charge in [0, 0.05) is 11.6 Å². The maximum atomic E-state index is 12.4. The second kappa shape index (κ2) is 5.26. The van der Waals surface area contributed by atoms with Gasteiger partial charge in [0.1, 0.15) is 16.4 Å². The molecule has 1 fully saturated rings. The molecule has 1 heterocycles. The van der Waals surface area contributed by atoms with Crippen LogP contribution < -0.4 is 10.5 Å². The van der Waals surface area contributed by atoms with Gasteiger partial charge < -0.3 is 10.2 Å². The average molecular weight is 286 g/mol. The van der Waals surface area contributed by atoms with Gasteiger partial charge in [-0.05, 0) is 26.7 Å². The molecular weight excluding hydrogens is 264 g/mol. The molecule has 0 spiro atoms. The fourth-order valence-corrected chi connectivity index (χ4v) is 4.37. The van der Waals surface area contributed by atoms with Crippen molar-refractivity contribution in [3.8, 4) is 0 Å². The fourth-order valence-electron chi connectivity index (χ4n) is 2.71. The quantitative estimate of drug-likeness (QED) is 0.887. The lowest BCUT2D eigenvalue weighted by Crippen LogP contribution is -2.47. The van der Waals surface area contributed by atoms with Crippen molar-refractivity contribution in [2.75, 3.05) is 0 Å². The zero-order chi connectivity index (χ0) is 14.1. The average Bonchev–Trinajstić information content (AvgIpc) is 2.71. The minimum atomic E-state index is -3.54. The minimum absolute atomic E-state index is 0.202. The number of nitrogens with one attached hydrogen (secondary N) is 1. The third-order valence-corrected chi connectivity index (χ3v) is 5.50. The molecule has 0 unspecified atom stereocenters. The standard InChI is InChI=1S/C13H22N2O3S/c1-10-12(8-11(9-14)18-10)19(16,17)15-13(2)6-4-3-5-7-13/h8,15H,3-7,9,14H2,1-2H3. The summed E-state index contributed by atoms with van der Waals surface area (Å²) in [5, 5.41) is 0. The molecule has 0 bridgehead atoms. The summed E-state index contributed by atoms with van der Waals surface area (Å²) < 4.78 is 33.1. The van der Waals surface area contributed by atoms with Crippen molar-refractivity contribution >= 4 is 10.0 Å². The molecule has 0 atom stereocenters. The number of furan rings is 1. The van der Waals surface area contributed by atoms with Gasteiger partial charge in [-0.1, -0.05) is 19.3 Å². The molecule has 1 aromatic rings. The molecule has 1 aliphatic rings. The van der Waals surface area contributed by atoms with Crippen LogP contribution in [0, 0.1) is 6.92 Å². The van der Waals surface area contributed by atoms with Crippen molar-refractivity contribution in [2.45, 2.75) is 62.9 Å². The summed E-state index contributed by atoms with van der Waals surface area (Å²) >= 11 is 0. The Morgan fingerprint density at radius 3 is 2.53 bits per heavy atom. The van der Waals surface area contributed by atoms with E-state index in [0.717, 1.165) is 25.7 Å². The second-order valence-electron chi connectivity index (χ2n) is 5.56. The summed E-state index contributed by atoms with van der Waals surface area (Å²) in [5.41, 5.74) is 5.13. The highest BCUT2D eigenvalue weighted by Crippen LogP contribution is 2.30. The molecule has 0 amide bonds. The maximum absolute atomic E-state index is 12.4. The molecular formula is C13H22N2O3S. The second-order valence-corrected chi connectivity index (χ2v) is 7.21. The highest BCUT2D eigenvalue weighted by Gasteiger charge is 2.33. The largest absolute Gasteiger partial charge is 0.464 e. The summed E-state index contributed by atoms with van der Waals surface area (Å²) in [6.45, 7) is 3.83. The van der Waals surface area contributed by atoms with Gasteiger partial charge in [-0.3, -0.25) is 0 Å². The first-order chi connectivity index (χ1) is 8.86. The zero-order valence-electron chi connectivity index (χ0n) is 11.5. The third kappa shape index (κ3) is 3.19. The Morgan fingerprint density at radius 1 is 1.37 bits per heavy atom. The number of hydrogen-bond donors (Lipinski definition) is 2. The van der Waals surface area contributed by atoms with Gasteiger partial charge in [0.25, 0.3) is 0 Å². The molecule has 0 aromatic carbocycles. The number of hydrogen-bond acceptors (Lipinski definition) is 4. The van der Waals surface area contributed by atoms with Crippen molar-refractivity contribution in [3.05, 3.63) is 17.6 Å². The number of nitrogens with two attached hydrogens (primary N) is 1. The Bertz CT molecular complexity index is 542. The molecule has 108 valence electrons. The highest BCUT2D eigenvalue weighted by molar-refractivity contribution is 7.89. The van der Waals surface area contributed by atoms with E-state index in [9.17, 15) is 8.42 Å². The Hall–Kier alpha value is -0.850. The Balaban J connectivity index is 2.24. The smallest absolute Gasteiger partial charge is 0.244 e. The summed E-state index contributed by atoms with van der Waals surface area (Å²) in [6.07, 6.45) is 5.08. The topological polar surface area (TPSA) is 85.3 Å².